The molecule has 1 amide bonds. The minimum Gasteiger partial charge on any atom is -0.444 e. The van der Waals surface area contributed by atoms with E-state index >= 15 is 0 Å². The van der Waals surface area contributed by atoms with Crippen molar-refractivity contribution < 1.29 is 14.0 Å². The second-order valence-electron chi connectivity index (χ2n) is 12.7. The smallest absolute Gasteiger partial charge is 0.408 e. The van der Waals surface area contributed by atoms with Crippen molar-refractivity contribution in [3.05, 3.63) is 60.7 Å². The van der Waals surface area contributed by atoms with Crippen molar-refractivity contribution in [3.63, 3.8) is 0 Å². The van der Waals surface area contributed by atoms with Gasteiger partial charge in [0.2, 0.25) is 0 Å². The Kier molecular flexibility index (Phi) is 5.93. The molecular formula is C29H40N2O3Si. The SMILES string of the molecule is CC(C)(C)OC(=O)NC12C[C@@H]3CN[C@@H]([C@H]1C3)[C@H]2O[Si](c1ccccc1)(c1ccccc1)C(C)(C)C. The Morgan fingerprint density at radius 2 is 1.54 bits per heavy atom. The third-order valence-electron chi connectivity index (χ3n) is 8.24. The molecule has 2 saturated carbocycles. The summed E-state index contributed by atoms with van der Waals surface area (Å²) in [5.74, 6) is 0.927. The number of fused-ring (bicyclic) bond motifs is 1. The molecular weight excluding hydrogens is 452 g/mol. The van der Waals surface area contributed by atoms with Crippen LogP contribution in [0.2, 0.25) is 5.04 Å². The number of rotatable bonds is 5. The molecule has 1 heterocycles. The van der Waals surface area contributed by atoms with E-state index in [0.29, 0.717) is 11.8 Å². The van der Waals surface area contributed by atoms with Crippen LogP contribution in [0.3, 0.4) is 0 Å². The van der Waals surface area contributed by atoms with E-state index in [0.717, 1.165) is 19.4 Å². The fourth-order valence-corrected chi connectivity index (χ4v) is 11.7. The zero-order chi connectivity index (χ0) is 25.1. The fraction of sp³-hybridized carbons (Fsp3) is 0.552. The molecule has 188 valence electrons. The molecule has 2 bridgehead atoms. The molecule has 5 nitrogen and oxygen atoms in total. The summed E-state index contributed by atoms with van der Waals surface area (Å²) in [7, 11) is -2.76. The summed E-state index contributed by atoms with van der Waals surface area (Å²) >= 11 is 0. The largest absolute Gasteiger partial charge is 0.444 e. The first-order valence-electron chi connectivity index (χ1n) is 13.0. The van der Waals surface area contributed by atoms with Gasteiger partial charge < -0.3 is 19.8 Å². The topological polar surface area (TPSA) is 59.6 Å². The third kappa shape index (κ3) is 4.04. The Labute approximate surface area is 211 Å². The van der Waals surface area contributed by atoms with Crippen molar-refractivity contribution in [1.29, 1.82) is 0 Å². The molecule has 2 aromatic rings. The van der Waals surface area contributed by atoms with Crippen LogP contribution in [0, 0.1) is 11.8 Å². The molecule has 0 spiro atoms. The summed E-state index contributed by atoms with van der Waals surface area (Å²) in [5, 5.41) is 9.57. The maximum atomic E-state index is 13.1. The van der Waals surface area contributed by atoms with Gasteiger partial charge in [0.25, 0.3) is 8.32 Å². The zero-order valence-electron chi connectivity index (χ0n) is 21.9. The second-order valence-corrected chi connectivity index (χ2v) is 17.0. The molecule has 35 heavy (non-hydrogen) atoms. The first-order valence-corrected chi connectivity index (χ1v) is 14.9. The van der Waals surface area contributed by atoms with Crippen LogP contribution >= 0.6 is 0 Å². The van der Waals surface area contributed by atoms with Crippen molar-refractivity contribution in [3.8, 4) is 0 Å². The van der Waals surface area contributed by atoms with Crippen LogP contribution in [0.4, 0.5) is 4.79 Å². The molecule has 1 unspecified atom stereocenters. The van der Waals surface area contributed by atoms with Gasteiger partial charge in [-0.25, -0.2) is 4.79 Å². The fourth-order valence-electron chi connectivity index (χ4n) is 6.97. The van der Waals surface area contributed by atoms with Gasteiger partial charge in [0.1, 0.15) is 5.60 Å². The van der Waals surface area contributed by atoms with Gasteiger partial charge in [-0.15, -0.1) is 0 Å². The van der Waals surface area contributed by atoms with Gasteiger partial charge in [0, 0.05) is 12.0 Å². The highest BCUT2D eigenvalue weighted by atomic mass is 28.4. The first-order chi connectivity index (χ1) is 16.5. The van der Waals surface area contributed by atoms with Crippen molar-refractivity contribution >= 4 is 24.8 Å². The first kappa shape index (κ1) is 24.5. The van der Waals surface area contributed by atoms with E-state index in [1.807, 2.05) is 20.8 Å². The van der Waals surface area contributed by atoms with E-state index in [1.54, 1.807) is 0 Å². The molecule has 5 atom stereocenters. The van der Waals surface area contributed by atoms with Gasteiger partial charge in [-0.2, -0.15) is 0 Å². The molecule has 1 saturated heterocycles. The minimum absolute atomic E-state index is 0.112. The number of benzene rings is 2. The third-order valence-corrected chi connectivity index (χ3v) is 13.3. The molecule has 2 N–H and O–H groups in total. The number of carbonyl (C=O) groups excluding carboxylic acids is 1. The van der Waals surface area contributed by atoms with Crippen molar-refractivity contribution in [2.75, 3.05) is 6.54 Å². The molecule has 6 heteroatoms. The predicted octanol–water partition coefficient (Wildman–Crippen LogP) is 4.21. The molecule has 0 aromatic heterocycles. The predicted molar refractivity (Wildman–Crippen MR) is 143 cm³/mol. The number of ether oxygens (including phenoxy) is 1. The van der Waals surface area contributed by atoms with Gasteiger partial charge in [-0.3, -0.25) is 0 Å². The Morgan fingerprint density at radius 3 is 2.06 bits per heavy atom. The highest BCUT2D eigenvalue weighted by Gasteiger charge is 2.71. The number of piperidine rings is 1. The molecule has 5 rings (SSSR count). The van der Waals surface area contributed by atoms with E-state index in [4.69, 9.17) is 9.16 Å². The molecule has 2 aromatic carbocycles. The number of hydrogen-bond acceptors (Lipinski definition) is 4. The lowest BCUT2D eigenvalue weighted by atomic mass is 9.62. The normalized spacial score (nSPS) is 29.9. The maximum Gasteiger partial charge on any atom is 0.408 e. The van der Waals surface area contributed by atoms with Crippen LogP contribution in [0.1, 0.15) is 54.4 Å². The standard InChI is InChI=1S/C29H40N2O3Si/c1-27(2,3)33-26(32)31-29-18-20-17-23(29)24(30-19-20)25(29)34-35(28(4,5)6,21-13-9-7-10-14-21)22-15-11-8-12-16-22/h7-16,20,23-25,30H,17-19H2,1-6H3,(H,31,32)/t20-,23-,24+,25-,29?/m1/s1. The molecule has 0 radical (unpaired) electrons. The van der Waals surface area contributed by atoms with Crippen molar-refractivity contribution in [2.45, 2.75) is 82.7 Å². The number of alkyl carbamates (subject to hydrolysis) is 1. The summed E-state index contributed by atoms with van der Waals surface area (Å²) in [5.41, 5.74) is -0.932. The highest BCUT2D eigenvalue weighted by molar-refractivity contribution is 6.99. The molecule has 1 aliphatic heterocycles. The van der Waals surface area contributed by atoms with E-state index in [9.17, 15) is 4.79 Å². The quantitative estimate of drug-likeness (QED) is 0.614. The van der Waals surface area contributed by atoms with E-state index < -0.39 is 19.5 Å². The summed E-state index contributed by atoms with van der Waals surface area (Å²) in [4.78, 5) is 13.1. The number of amides is 1. The molecule has 3 fully saturated rings. The number of nitrogens with one attached hydrogen (secondary N) is 2. The van der Waals surface area contributed by atoms with Gasteiger partial charge in [0.15, 0.2) is 0 Å². The van der Waals surface area contributed by atoms with Crippen LogP contribution < -0.4 is 21.0 Å². The van der Waals surface area contributed by atoms with Gasteiger partial charge in [0.05, 0.1) is 11.6 Å². The minimum atomic E-state index is -2.76. The van der Waals surface area contributed by atoms with Crippen LogP contribution in [0.15, 0.2) is 60.7 Å². The van der Waals surface area contributed by atoms with E-state index in [1.165, 1.54) is 10.4 Å². The second kappa shape index (κ2) is 8.46. The van der Waals surface area contributed by atoms with Crippen LogP contribution in [0.25, 0.3) is 0 Å². The zero-order valence-corrected chi connectivity index (χ0v) is 22.9. The van der Waals surface area contributed by atoms with Gasteiger partial charge in [-0.05, 0) is 61.5 Å². The summed E-state index contributed by atoms with van der Waals surface area (Å²) in [6, 6.07) is 21.8. The lowest BCUT2D eigenvalue weighted by Gasteiger charge is -2.61. The Morgan fingerprint density at radius 1 is 0.971 bits per heavy atom. The highest BCUT2D eigenvalue weighted by Crippen LogP contribution is 2.58. The molecule has 2 aliphatic carbocycles. The van der Waals surface area contributed by atoms with Gasteiger partial charge >= 0.3 is 6.09 Å². The lowest BCUT2D eigenvalue weighted by Crippen LogP contribution is -2.82. The Balaban J connectivity index is 1.59. The molecule has 3 aliphatic rings. The monoisotopic (exact) mass is 492 g/mol. The van der Waals surface area contributed by atoms with Crippen molar-refractivity contribution in [2.24, 2.45) is 11.8 Å². The number of carbonyl (C=O) groups is 1. The average Bonchev–Trinajstić information content (AvgIpc) is 2.90. The average molecular weight is 493 g/mol. The lowest BCUT2D eigenvalue weighted by molar-refractivity contribution is -0.0857. The van der Waals surface area contributed by atoms with E-state index in [2.05, 4.69) is 92.1 Å². The Hall–Kier alpha value is -2.15. The van der Waals surface area contributed by atoms with Gasteiger partial charge in [-0.1, -0.05) is 81.4 Å². The number of hydrogen-bond donors (Lipinski definition) is 2. The van der Waals surface area contributed by atoms with Crippen LogP contribution in [-0.4, -0.2) is 44.2 Å². The summed E-state index contributed by atoms with van der Waals surface area (Å²) < 4.78 is 13.3. The summed E-state index contributed by atoms with van der Waals surface area (Å²) in [6.07, 6.45) is 1.62. The van der Waals surface area contributed by atoms with Crippen LogP contribution in [0.5, 0.6) is 0 Å². The maximum absolute atomic E-state index is 13.1. The van der Waals surface area contributed by atoms with Crippen molar-refractivity contribution in [1.82, 2.24) is 10.6 Å². The summed E-state index contributed by atoms with van der Waals surface area (Å²) in [6.45, 7) is 13.7. The van der Waals surface area contributed by atoms with E-state index in [-0.39, 0.29) is 23.3 Å². The Bertz CT molecular complexity index is 1020. The van der Waals surface area contributed by atoms with Crippen LogP contribution in [-0.2, 0) is 9.16 Å².